The van der Waals surface area contributed by atoms with Gasteiger partial charge in [0.15, 0.2) is 0 Å². The van der Waals surface area contributed by atoms with Crippen molar-refractivity contribution in [1.82, 2.24) is 14.7 Å². The van der Waals surface area contributed by atoms with Crippen molar-refractivity contribution in [1.29, 1.82) is 0 Å². The number of rotatable bonds is 8. The third-order valence-electron chi connectivity index (χ3n) is 11.3. The van der Waals surface area contributed by atoms with Gasteiger partial charge in [-0.05, 0) is 81.2 Å². The Labute approximate surface area is 309 Å². The topological polar surface area (TPSA) is 107 Å². The van der Waals surface area contributed by atoms with Gasteiger partial charge in [0.2, 0.25) is 11.8 Å². The van der Waals surface area contributed by atoms with Crippen molar-refractivity contribution in [2.45, 2.75) is 98.1 Å². The number of ether oxygens (including phenoxy) is 1. The van der Waals surface area contributed by atoms with Crippen molar-refractivity contribution >= 4 is 29.5 Å². The van der Waals surface area contributed by atoms with Gasteiger partial charge >= 0.3 is 12.1 Å². The van der Waals surface area contributed by atoms with Gasteiger partial charge < -0.3 is 19.6 Å². The number of nitrogens with zero attached hydrogens (tertiary/aromatic N) is 3. The van der Waals surface area contributed by atoms with Crippen LogP contribution >= 0.6 is 0 Å². The van der Waals surface area contributed by atoms with Crippen molar-refractivity contribution in [3.05, 3.63) is 89.0 Å². The minimum Gasteiger partial charge on any atom is -0.478 e. The molecule has 9 nitrogen and oxygen atoms in total. The molecule has 3 aliphatic rings. The Hall–Kier alpha value is -4.40. The maximum Gasteiger partial charge on any atom is 0.410 e. The number of likely N-dealkylation sites (N-methyl/N-ethyl adjacent to an activating group) is 1. The van der Waals surface area contributed by atoms with Gasteiger partial charge in [0.25, 0.3) is 0 Å². The van der Waals surface area contributed by atoms with Crippen LogP contribution in [0.4, 0.5) is 4.79 Å². The summed E-state index contributed by atoms with van der Waals surface area (Å²) in [5.41, 5.74) is 2.65. The molecule has 2 aromatic carbocycles. The number of amides is 3. The Morgan fingerprint density at radius 2 is 1.52 bits per heavy atom. The van der Waals surface area contributed by atoms with Gasteiger partial charge in [-0.2, -0.15) is 0 Å². The number of carbonyl (C=O) groups is 4. The average molecular weight is 712 g/mol. The number of piperidine rings is 1. The number of benzene rings is 2. The van der Waals surface area contributed by atoms with E-state index in [0.29, 0.717) is 45.4 Å². The fourth-order valence-corrected chi connectivity index (χ4v) is 8.69. The van der Waals surface area contributed by atoms with Gasteiger partial charge in [-0.15, -0.1) is 0 Å². The van der Waals surface area contributed by atoms with Crippen molar-refractivity contribution in [3.8, 4) is 0 Å². The Balaban J connectivity index is 1.38. The highest BCUT2D eigenvalue weighted by atomic mass is 16.6. The molecule has 2 heterocycles. The highest BCUT2D eigenvalue weighted by molar-refractivity contribution is 5.91. The summed E-state index contributed by atoms with van der Waals surface area (Å²) in [6.45, 7) is 18.1. The molecule has 2 atom stereocenters. The molecule has 0 spiro atoms. The normalized spacial score (nSPS) is 21.7. The standard InChI is InChI=1S/C43H57N3O6/c1-29(2)27-34(44(9)39(51)52-40(3,4)5)36(47)45-25-22-43(23-26-45,32-13-11-10-12-14-32)38(50)46-24-20-35-41(6,7)33(19-21-42(35,8)28-46)30-15-17-31(18-16-30)37(48)49/h10-20,29,34H,21-28H2,1-9H3,(H,48,49)/t34-,42+/m0/s1. The van der Waals surface area contributed by atoms with Gasteiger partial charge in [-0.3, -0.25) is 14.5 Å². The number of carbonyl (C=O) groups excluding carboxylic acids is 3. The SMILES string of the molecule is CC(C)C[C@@H](C(=O)N1CCC(C(=O)N2CC=C3C(C)(C)C(c4ccc(C(=O)O)cc4)=CC[C@]3(C)C2)(c2ccccc2)CC1)N(C)C(=O)OC(C)(C)C. The summed E-state index contributed by atoms with van der Waals surface area (Å²) >= 11 is 0. The van der Waals surface area contributed by atoms with Gasteiger partial charge in [-0.1, -0.05) is 94.8 Å². The molecule has 280 valence electrons. The van der Waals surface area contributed by atoms with Crippen LogP contribution in [0.15, 0.2) is 72.3 Å². The van der Waals surface area contributed by atoms with Gasteiger partial charge in [0, 0.05) is 44.1 Å². The molecule has 1 aliphatic carbocycles. The Morgan fingerprint density at radius 1 is 0.904 bits per heavy atom. The first-order valence-corrected chi connectivity index (χ1v) is 18.6. The molecule has 2 aromatic rings. The monoisotopic (exact) mass is 711 g/mol. The van der Waals surface area contributed by atoms with Crippen molar-refractivity contribution in [2.24, 2.45) is 16.7 Å². The van der Waals surface area contributed by atoms with Crippen molar-refractivity contribution < 1.29 is 29.0 Å². The second-order valence-electron chi connectivity index (χ2n) is 17.2. The Bertz CT molecular complexity index is 1730. The van der Waals surface area contributed by atoms with Gasteiger partial charge in [-0.25, -0.2) is 9.59 Å². The predicted molar refractivity (Wildman–Crippen MR) is 204 cm³/mol. The number of aromatic carboxylic acids is 1. The van der Waals surface area contributed by atoms with Crippen molar-refractivity contribution in [2.75, 3.05) is 33.2 Å². The summed E-state index contributed by atoms with van der Waals surface area (Å²) in [6, 6.07) is 16.4. The van der Waals surface area contributed by atoms with Crippen LogP contribution in [0.5, 0.6) is 0 Å². The average Bonchev–Trinajstić information content (AvgIpc) is 3.09. The maximum absolute atomic E-state index is 15.0. The number of fused-ring (bicyclic) bond motifs is 1. The summed E-state index contributed by atoms with van der Waals surface area (Å²) in [7, 11) is 1.64. The van der Waals surface area contributed by atoms with Gasteiger partial charge in [0.1, 0.15) is 11.6 Å². The van der Waals surface area contributed by atoms with E-state index in [-0.39, 0.29) is 34.1 Å². The molecule has 3 amide bonds. The number of carboxylic acid groups (broad SMARTS) is 1. The Kier molecular flexibility index (Phi) is 10.9. The lowest BCUT2D eigenvalue weighted by Crippen LogP contribution is -2.59. The van der Waals surface area contributed by atoms with Gasteiger partial charge in [0.05, 0.1) is 11.0 Å². The third-order valence-corrected chi connectivity index (χ3v) is 11.3. The first-order valence-electron chi connectivity index (χ1n) is 18.6. The highest BCUT2D eigenvalue weighted by Gasteiger charge is 2.51. The summed E-state index contributed by atoms with van der Waals surface area (Å²) in [5.74, 6) is -0.787. The molecular weight excluding hydrogens is 654 g/mol. The van der Waals surface area contributed by atoms with Crippen LogP contribution in [0, 0.1) is 16.7 Å². The third kappa shape index (κ3) is 7.69. The van der Waals surface area contributed by atoms with E-state index in [1.165, 1.54) is 16.0 Å². The minimum atomic E-state index is -0.942. The molecular formula is C43H57N3O6. The summed E-state index contributed by atoms with van der Waals surface area (Å²) in [6.07, 6.45) is 6.21. The molecule has 0 radical (unpaired) electrons. The fourth-order valence-electron chi connectivity index (χ4n) is 8.69. The first-order chi connectivity index (χ1) is 24.3. The largest absolute Gasteiger partial charge is 0.478 e. The van der Waals surface area contributed by atoms with E-state index in [9.17, 15) is 24.3 Å². The molecule has 0 bridgehead atoms. The second-order valence-corrected chi connectivity index (χ2v) is 17.2. The molecule has 1 saturated heterocycles. The summed E-state index contributed by atoms with van der Waals surface area (Å²) in [4.78, 5) is 58.9. The number of carboxylic acids is 1. The lowest BCUT2D eigenvalue weighted by atomic mass is 9.58. The van der Waals surface area contributed by atoms with Crippen LogP contribution in [0.25, 0.3) is 5.57 Å². The predicted octanol–water partition coefficient (Wildman–Crippen LogP) is 7.82. The minimum absolute atomic E-state index is 0.0868. The maximum atomic E-state index is 15.0. The van der Waals surface area contributed by atoms with Crippen LogP contribution < -0.4 is 0 Å². The molecule has 1 fully saturated rings. The zero-order valence-electron chi connectivity index (χ0n) is 32.5. The smallest absolute Gasteiger partial charge is 0.410 e. The van der Waals surface area contributed by atoms with E-state index in [2.05, 4.69) is 32.9 Å². The second kappa shape index (κ2) is 14.6. The van der Waals surface area contributed by atoms with Crippen LogP contribution in [0.1, 0.15) is 103 Å². The van der Waals surface area contributed by atoms with Crippen molar-refractivity contribution in [3.63, 3.8) is 0 Å². The quantitative estimate of drug-likeness (QED) is 0.280. The molecule has 2 aliphatic heterocycles. The number of hydrogen-bond donors (Lipinski definition) is 1. The molecule has 52 heavy (non-hydrogen) atoms. The van der Waals surface area contributed by atoms with Crippen LogP contribution in [-0.4, -0.2) is 88.6 Å². The molecule has 0 aromatic heterocycles. The van der Waals surface area contributed by atoms with E-state index in [4.69, 9.17) is 4.74 Å². The van der Waals surface area contributed by atoms with Crippen LogP contribution in [-0.2, 0) is 19.7 Å². The molecule has 0 saturated carbocycles. The zero-order chi connectivity index (χ0) is 38.2. The fraction of sp³-hybridized carbons (Fsp3) is 0.535. The number of hydrogen-bond acceptors (Lipinski definition) is 5. The summed E-state index contributed by atoms with van der Waals surface area (Å²) < 4.78 is 5.63. The van der Waals surface area contributed by atoms with E-state index in [0.717, 1.165) is 17.5 Å². The zero-order valence-corrected chi connectivity index (χ0v) is 32.5. The Morgan fingerprint density at radius 3 is 2.08 bits per heavy atom. The van der Waals surface area contributed by atoms with Crippen LogP contribution in [0.3, 0.4) is 0 Å². The van der Waals surface area contributed by atoms with E-state index in [1.807, 2.05) is 86.9 Å². The van der Waals surface area contributed by atoms with Crippen LogP contribution in [0.2, 0.25) is 0 Å². The molecule has 1 N–H and O–H groups in total. The van der Waals surface area contributed by atoms with E-state index < -0.39 is 29.1 Å². The highest BCUT2D eigenvalue weighted by Crippen LogP contribution is 2.55. The summed E-state index contributed by atoms with van der Waals surface area (Å²) in [5, 5.41) is 9.40. The lowest BCUT2D eigenvalue weighted by molar-refractivity contribution is -0.146. The first kappa shape index (κ1) is 38.8. The molecule has 5 rings (SSSR count). The number of likely N-dealkylation sites (tertiary alicyclic amines) is 1. The van der Waals surface area contributed by atoms with E-state index >= 15 is 0 Å². The molecule has 0 unspecified atom stereocenters. The number of allylic oxidation sites excluding steroid dienone is 2. The van der Waals surface area contributed by atoms with E-state index in [1.54, 1.807) is 19.2 Å². The lowest BCUT2D eigenvalue weighted by Gasteiger charge is -2.52. The molecule has 9 heteroatoms.